The molecular formula is C14H13F3N2O. The van der Waals surface area contributed by atoms with Gasteiger partial charge in [0, 0.05) is 12.1 Å². The van der Waals surface area contributed by atoms with Gasteiger partial charge in [0.15, 0.2) is 5.78 Å². The van der Waals surface area contributed by atoms with Gasteiger partial charge in [-0.05, 0) is 25.0 Å². The van der Waals surface area contributed by atoms with Crippen LogP contribution in [0.1, 0.15) is 42.9 Å². The van der Waals surface area contributed by atoms with Gasteiger partial charge in [-0.25, -0.2) is 0 Å². The van der Waals surface area contributed by atoms with E-state index in [1.807, 2.05) is 6.07 Å². The minimum absolute atomic E-state index is 0.0948. The lowest BCUT2D eigenvalue weighted by Crippen LogP contribution is -2.20. The number of rotatable bonds is 3. The van der Waals surface area contributed by atoms with Crippen LogP contribution in [0.2, 0.25) is 0 Å². The fourth-order valence-corrected chi connectivity index (χ4v) is 2.47. The van der Waals surface area contributed by atoms with E-state index >= 15 is 0 Å². The summed E-state index contributed by atoms with van der Waals surface area (Å²) < 4.78 is 37.3. The number of aromatic nitrogens is 1. The van der Waals surface area contributed by atoms with Gasteiger partial charge in [0.05, 0.1) is 17.3 Å². The number of nitriles is 1. The molecule has 106 valence electrons. The topological polar surface area (TPSA) is 53.8 Å². The molecule has 1 saturated carbocycles. The average molecular weight is 282 g/mol. The Bertz CT molecular complexity index is 525. The predicted octanol–water partition coefficient (Wildman–Crippen LogP) is 3.47. The number of halogens is 3. The number of pyridine rings is 1. The predicted molar refractivity (Wildman–Crippen MR) is 64.6 cm³/mol. The number of nitrogens with zero attached hydrogens (tertiary/aromatic N) is 2. The Morgan fingerprint density at radius 3 is 2.45 bits per heavy atom. The maximum Gasteiger partial charge on any atom is 0.417 e. The lowest BCUT2D eigenvalue weighted by Gasteiger charge is -2.13. The Kier molecular flexibility index (Phi) is 4.07. The third-order valence-corrected chi connectivity index (χ3v) is 3.58. The Labute approximate surface area is 114 Å². The van der Waals surface area contributed by atoms with Crippen LogP contribution in [0.4, 0.5) is 13.2 Å². The van der Waals surface area contributed by atoms with E-state index in [0.717, 1.165) is 37.8 Å². The van der Waals surface area contributed by atoms with E-state index in [0.29, 0.717) is 6.20 Å². The monoisotopic (exact) mass is 282 g/mol. The molecule has 0 N–H and O–H groups in total. The molecule has 1 unspecified atom stereocenters. The van der Waals surface area contributed by atoms with E-state index in [2.05, 4.69) is 4.98 Å². The molecule has 0 aromatic carbocycles. The molecule has 1 aromatic rings. The molecule has 0 aliphatic heterocycles. The van der Waals surface area contributed by atoms with E-state index in [4.69, 9.17) is 5.26 Å². The van der Waals surface area contributed by atoms with Crippen molar-refractivity contribution in [1.82, 2.24) is 4.98 Å². The van der Waals surface area contributed by atoms with Gasteiger partial charge in [0.2, 0.25) is 0 Å². The lowest BCUT2D eigenvalue weighted by molar-refractivity contribution is -0.137. The summed E-state index contributed by atoms with van der Waals surface area (Å²) in [5, 5.41) is 9.11. The number of Topliss-reactive ketones (excluding diaryl/α,β-unsaturated/α-hetero) is 1. The van der Waals surface area contributed by atoms with Gasteiger partial charge < -0.3 is 0 Å². The summed E-state index contributed by atoms with van der Waals surface area (Å²) in [4.78, 5) is 15.8. The highest BCUT2D eigenvalue weighted by molar-refractivity contribution is 5.90. The molecule has 2 rings (SSSR count). The van der Waals surface area contributed by atoms with E-state index in [-0.39, 0.29) is 17.4 Å². The molecule has 20 heavy (non-hydrogen) atoms. The van der Waals surface area contributed by atoms with E-state index < -0.39 is 17.7 Å². The van der Waals surface area contributed by atoms with Gasteiger partial charge in [-0.2, -0.15) is 18.4 Å². The van der Waals surface area contributed by atoms with Gasteiger partial charge >= 0.3 is 6.18 Å². The molecule has 1 fully saturated rings. The van der Waals surface area contributed by atoms with Crippen molar-refractivity contribution in [1.29, 1.82) is 5.26 Å². The second-order valence-corrected chi connectivity index (χ2v) is 4.92. The maximum atomic E-state index is 12.4. The molecule has 1 aromatic heterocycles. The van der Waals surface area contributed by atoms with Gasteiger partial charge in [-0.3, -0.25) is 9.78 Å². The Balaban J connectivity index is 2.20. The Morgan fingerprint density at radius 2 is 2.00 bits per heavy atom. The van der Waals surface area contributed by atoms with E-state index in [1.54, 1.807) is 0 Å². The smallest absolute Gasteiger partial charge is 0.297 e. The first-order valence-electron chi connectivity index (χ1n) is 6.40. The molecule has 1 aliphatic carbocycles. The highest BCUT2D eigenvalue weighted by Gasteiger charge is 2.33. The second-order valence-electron chi connectivity index (χ2n) is 4.92. The summed E-state index contributed by atoms with van der Waals surface area (Å²) in [5.41, 5.74) is -0.788. The third-order valence-electron chi connectivity index (χ3n) is 3.58. The summed E-state index contributed by atoms with van der Waals surface area (Å²) in [6, 6.07) is 3.83. The van der Waals surface area contributed by atoms with Crippen molar-refractivity contribution >= 4 is 5.78 Å². The van der Waals surface area contributed by atoms with Crippen LogP contribution in [-0.4, -0.2) is 10.8 Å². The summed E-state index contributed by atoms with van der Waals surface area (Å²) in [6.07, 6.45) is -0.399. The number of alkyl halides is 3. The second kappa shape index (κ2) is 5.61. The molecule has 0 bridgehead atoms. The standard InChI is InChI=1S/C14H13F3N2O/c15-14(16,17)10-5-6-12(19-8-10)11(7-18)13(20)9-3-1-2-4-9/h5-6,8-9,11H,1-4H2. The van der Waals surface area contributed by atoms with Crippen LogP contribution < -0.4 is 0 Å². The first-order chi connectivity index (χ1) is 9.43. The van der Waals surface area contributed by atoms with Crippen LogP contribution in [0, 0.1) is 17.2 Å². The van der Waals surface area contributed by atoms with E-state index in [1.165, 1.54) is 0 Å². The van der Waals surface area contributed by atoms with Crippen LogP contribution in [-0.2, 0) is 11.0 Å². The van der Waals surface area contributed by atoms with Gasteiger partial charge in [-0.1, -0.05) is 12.8 Å². The van der Waals surface area contributed by atoms with Crippen LogP contribution >= 0.6 is 0 Å². The quantitative estimate of drug-likeness (QED) is 0.853. The maximum absolute atomic E-state index is 12.4. The normalized spacial score (nSPS) is 17.7. The van der Waals surface area contributed by atoms with Crippen molar-refractivity contribution in [3.05, 3.63) is 29.6 Å². The number of carbonyl (C=O) groups is 1. The van der Waals surface area contributed by atoms with Crippen molar-refractivity contribution < 1.29 is 18.0 Å². The number of carbonyl (C=O) groups excluding carboxylic acids is 1. The van der Waals surface area contributed by atoms with Gasteiger partial charge in [-0.15, -0.1) is 0 Å². The summed E-state index contributed by atoms with van der Waals surface area (Å²) in [6.45, 7) is 0. The van der Waals surface area contributed by atoms with Crippen molar-refractivity contribution in [3.63, 3.8) is 0 Å². The highest BCUT2D eigenvalue weighted by Crippen LogP contribution is 2.32. The summed E-state index contributed by atoms with van der Waals surface area (Å²) in [7, 11) is 0. The molecule has 0 saturated heterocycles. The van der Waals surface area contributed by atoms with Crippen LogP contribution in [0.15, 0.2) is 18.3 Å². The average Bonchev–Trinajstić information content (AvgIpc) is 2.93. The first kappa shape index (κ1) is 14.5. The third kappa shape index (κ3) is 2.98. The lowest BCUT2D eigenvalue weighted by atomic mass is 9.90. The van der Waals surface area contributed by atoms with Crippen molar-refractivity contribution in [2.24, 2.45) is 5.92 Å². The zero-order valence-electron chi connectivity index (χ0n) is 10.7. The minimum atomic E-state index is -4.47. The molecule has 6 heteroatoms. The molecule has 0 amide bonds. The van der Waals surface area contributed by atoms with Crippen molar-refractivity contribution in [2.75, 3.05) is 0 Å². The minimum Gasteiger partial charge on any atom is -0.297 e. The molecule has 1 heterocycles. The fraction of sp³-hybridized carbons (Fsp3) is 0.500. The Morgan fingerprint density at radius 1 is 1.35 bits per heavy atom. The summed E-state index contributed by atoms with van der Waals surface area (Å²) >= 11 is 0. The molecule has 1 atom stereocenters. The molecule has 0 radical (unpaired) electrons. The fourth-order valence-electron chi connectivity index (χ4n) is 2.47. The summed E-state index contributed by atoms with van der Waals surface area (Å²) in [5.74, 6) is -1.46. The molecule has 1 aliphatic rings. The molecule has 3 nitrogen and oxygen atoms in total. The zero-order chi connectivity index (χ0) is 14.8. The number of ketones is 1. The van der Waals surface area contributed by atoms with Crippen LogP contribution in [0.5, 0.6) is 0 Å². The largest absolute Gasteiger partial charge is 0.417 e. The SMILES string of the molecule is N#CC(C(=O)C1CCCC1)c1ccc(C(F)(F)F)cn1. The van der Waals surface area contributed by atoms with Gasteiger partial charge in [0.25, 0.3) is 0 Å². The highest BCUT2D eigenvalue weighted by atomic mass is 19.4. The van der Waals surface area contributed by atoms with Crippen LogP contribution in [0.25, 0.3) is 0 Å². The van der Waals surface area contributed by atoms with E-state index in [9.17, 15) is 18.0 Å². The van der Waals surface area contributed by atoms with Crippen molar-refractivity contribution in [2.45, 2.75) is 37.8 Å². The zero-order valence-corrected chi connectivity index (χ0v) is 10.7. The van der Waals surface area contributed by atoms with Crippen LogP contribution in [0.3, 0.4) is 0 Å². The number of hydrogen-bond donors (Lipinski definition) is 0. The molecule has 0 spiro atoms. The first-order valence-corrected chi connectivity index (χ1v) is 6.40. The molecular weight excluding hydrogens is 269 g/mol. The Hall–Kier alpha value is -1.90. The van der Waals surface area contributed by atoms with Gasteiger partial charge in [0.1, 0.15) is 5.92 Å². The van der Waals surface area contributed by atoms with Crippen molar-refractivity contribution in [3.8, 4) is 6.07 Å². The number of hydrogen-bond acceptors (Lipinski definition) is 3.